The predicted octanol–water partition coefficient (Wildman–Crippen LogP) is 4.01. The maximum absolute atomic E-state index is 14.7. The standard InChI is InChI=1S/C26H23F2N3O2/c1-17-24(21-9-5-6-10-22(21)28)25(32)31(16-23(29)19-7-3-2-4-8-19)26(33)30(17)15-18-11-13-20(27)14-12-18/h2-14,23H,15-16,29H2,1H3/t23-/m0/s1. The molecule has 0 aliphatic carbocycles. The quantitative estimate of drug-likeness (QED) is 0.486. The average Bonchev–Trinajstić information content (AvgIpc) is 2.82. The zero-order chi connectivity index (χ0) is 23.5. The second kappa shape index (κ2) is 9.34. The minimum atomic E-state index is -0.618. The van der Waals surface area contributed by atoms with Gasteiger partial charge in [0.25, 0.3) is 5.56 Å². The Hall–Kier alpha value is -3.84. The number of benzene rings is 3. The number of aromatic nitrogens is 2. The van der Waals surface area contributed by atoms with E-state index in [2.05, 4.69) is 0 Å². The molecule has 4 aromatic rings. The molecule has 168 valence electrons. The Bertz CT molecular complexity index is 1390. The Labute approximate surface area is 189 Å². The molecule has 5 nitrogen and oxygen atoms in total. The van der Waals surface area contributed by atoms with E-state index in [1.807, 2.05) is 30.3 Å². The summed E-state index contributed by atoms with van der Waals surface area (Å²) in [6, 6.07) is 20.2. The third-order valence-corrected chi connectivity index (χ3v) is 5.69. The van der Waals surface area contributed by atoms with Crippen molar-refractivity contribution in [1.29, 1.82) is 0 Å². The van der Waals surface area contributed by atoms with Gasteiger partial charge in [0.15, 0.2) is 0 Å². The first-order chi connectivity index (χ1) is 15.9. The molecular weight excluding hydrogens is 424 g/mol. The molecule has 0 fully saturated rings. The summed E-state index contributed by atoms with van der Waals surface area (Å²) in [5, 5.41) is 0. The summed E-state index contributed by atoms with van der Waals surface area (Å²) >= 11 is 0. The maximum atomic E-state index is 14.7. The van der Waals surface area contributed by atoms with Gasteiger partial charge in [0.2, 0.25) is 0 Å². The van der Waals surface area contributed by atoms with Crippen LogP contribution in [0, 0.1) is 18.6 Å². The molecule has 3 aromatic carbocycles. The topological polar surface area (TPSA) is 70.0 Å². The lowest BCUT2D eigenvalue weighted by Crippen LogP contribution is -2.44. The summed E-state index contributed by atoms with van der Waals surface area (Å²) in [4.78, 5) is 26.9. The van der Waals surface area contributed by atoms with Crippen molar-refractivity contribution in [2.45, 2.75) is 26.1 Å². The van der Waals surface area contributed by atoms with Crippen LogP contribution in [0.1, 0.15) is 22.9 Å². The highest BCUT2D eigenvalue weighted by Crippen LogP contribution is 2.23. The molecule has 1 atom stereocenters. The highest BCUT2D eigenvalue weighted by atomic mass is 19.1. The highest BCUT2D eigenvalue weighted by molar-refractivity contribution is 5.65. The van der Waals surface area contributed by atoms with E-state index in [0.717, 1.165) is 10.1 Å². The van der Waals surface area contributed by atoms with Gasteiger partial charge in [-0.05, 0) is 36.2 Å². The fourth-order valence-corrected chi connectivity index (χ4v) is 3.90. The van der Waals surface area contributed by atoms with Gasteiger partial charge in [0.1, 0.15) is 11.6 Å². The van der Waals surface area contributed by atoms with E-state index in [9.17, 15) is 18.4 Å². The highest BCUT2D eigenvalue weighted by Gasteiger charge is 2.21. The van der Waals surface area contributed by atoms with Crippen molar-refractivity contribution in [3.05, 3.63) is 128 Å². The third-order valence-electron chi connectivity index (χ3n) is 5.69. The summed E-state index contributed by atoms with van der Waals surface area (Å²) in [5.74, 6) is -0.961. The van der Waals surface area contributed by atoms with Gasteiger partial charge >= 0.3 is 5.69 Å². The predicted molar refractivity (Wildman–Crippen MR) is 124 cm³/mol. The van der Waals surface area contributed by atoms with Crippen molar-refractivity contribution >= 4 is 0 Å². The Kier molecular flexibility index (Phi) is 6.33. The molecule has 7 heteroatoms. The van der Waals surface area contributed by atoms with Crippen LogP contribution in [0.15, 0.2) is 88.5 Å². The zero-order valence-corrected chi connectivity index (χ0v) is 18.0. The van der Waals surface area contributed by atoms with E-state index in [4.69, 9.17) is 5.73 Å². The van der Waals surface area contributed by atoms with Crippen LogP contribution < -0.4 is 17.0 Å². The van der Waals surface area contributed by atoms with E-state index in [1.165, 1.54) is 34.9 Å². The first-order valence-electron chi connectivity index (χ1n) is 10.5. The molecule has 4 rings (SSSR count). The normalized spacial score (nSPS) is 12.0. The maximum Gasteiger partial charge on any atom is 0.331 e. The molecular formula is C26H23F2N3O2. The summed E-state index contributed by atoms with van der Waals surface area (Å²) in [7, 11) is 0. The molecule has 1 heterocycles. The van der Waals surface area contributed by atoms with E-state index in [0.29, 0.717) is 11.3 Å². The van der Waals surface area contributed by atoms with Crippen LogP contribution in [0.25, 0.3) is 11.1 Å². The zero-order valence-electron chi connectivity index (χ0n) is 18.0. The van der Waals surface area contributed by atoms with Crippen LogP contribution in [0.2, 0.25) is 0 Å². The fraction of sp³-hybridized carbons (Fsp3) is 0.154. The van der Waals surface area contributed by atoms with E-state index in [-0.39, 0.29) is 24.2 Å². The first kappa shape index (κ1) is 22.4. The lowest BCUT2D eigenvalue weighted by Gasteiger charge is -2.20. The molecule has 0 amide bonds. The van der Waals surface area contributed by atoms with Crippen LogP contribution in [0.3, 0.4) is 0 Å². The van der Waals surface area contributed by atoms with Crippen LogP contribution in [-0.2, 0) is 13.1 Å². The molecule has 0 unspecified atom stereocenters. The smallest absolute Gasteiger partial charge is 0.322 e. The molecule has 0 bridgehead atoms. The van der Waals surface area contributed by atoms with Crippen molar-refractivity contribution in [2.75, 3.05) is 0 Å². The molecule has 0 saturated heterocycles. The number of halogens is 2. The van der Waals surface area contributed by atoms with Gasteiger partial charge in [0, 0.05) is 17.3 Å². The number of rotatable bonds is 6. The number of nitrogens with zero attached hydrogens (tertiary/aromatic N) is 2. The van der Waals surface area contributed by atoms with Crippen molar-refractivity contribution in [3.8, 4) is 11.1 Å². The lowest BCUT2D eigenvalue weighted by atomic mass is 10.0. The largest absolute Gasteiger partial charge is 0.331 e. The van der Waals surface area contributed by atoms with E-state index >= 15 is 0 Å². The summed E-state index contributed by atoms with van der Waals surface area (Å²) < 4.78 is 30.5. The SMILES string of the molecule is Cc1c(-c2ccccc2F)c(=O)n(C[C@H](N)c2ccccc2)c(=O)n1Cc1ccc(F)cc1. The molecule has 0 radical (unpaired) electrons. The Morgan fingerprint density at radius 3 is 2.15 bits per heavy atom. The number of nitrogens with two attached hydrogens (primary N) is 1. The van der Waals surface area contributed by atoms with Gasteiger partial charge in [-0.25, -0.2) is 13.6 Å². The van der Waals surface area contributed by atoms with Crippen LogP contribution in [0.5, 0.6) is 0 Å². The van der Waals surface area contributed by atoms with E-state index in [1.54, 1.807) is 25.1 Å². The molecule has 0 saturated carbocycles. The monoisotopic (exact) mass is 447 g/mol. The van der Waals surface area contributed by atoms with E-state index < -0.39 is 28.9 Å². The first-order valence-corrected chi connectivity index (χ1v) is 10.5. The molecule has 1 aromatic heterocycles. The second-order valence-corrected chi connectivity index (χ2v) is 7.87. The van der Waals surface area contributed by atoms with Crippen molar-refractivity contribution < 1.29 is 8.78 Å². The second-order valence-electron chi connectivity index (χ2n) is 7.87. The third kappa shape index (κ3) is 4.54. The number of hydrogen-bond acceptors (Lipinski definition) is 3. The Morgan fingerprint density at radius 2 is 1.48 bits per heavy atom. The minimum absolute atomic E-state index is 0.0766. The fourth-order valence-electron chi connectivity index (χ4n) is 3.90. The van der Waals surface area contributed by atoms with Gasteiger partial charge in [-0.1, -0.05) is 60.7 Å². The summed E-state index contributed by atoms with van der Waals surface area (Å²) in [5.41, 5.74) is 7.10. The van der Waals surface area contributed by atoms with Crippen molar-refractivity contribution in [2.24, 2.45) is 5.73 Å². The number of hydrogen-bond donors (Lipinski definition) is 1. The van der Waals surface area contributed by atoms with Crippen molar-refractivity contribution in [3.63, 3.8) is 0 Å². The molecule has 0 aliphatic rings. The minimum Gasteiger partial charge on any atom is -0.322 e. The summed E-state index contributed by atoms with van der Waals surface area (Å²) in [6.07, 6.45) is 0. The molecule has 33 heavy (non-hydrogen) atoms. The Morgan fingerprint density at radius 1 is 0.848 bits per heavy atom. The van der Waals surface area contributed by atoms with Gasteiger partial charge in [-0.2, -0.15) is 0 Å². The van der Waals surface area contributed by atoms with Gasteiger partial charge in [-0.15, -0.1) is 0 Å². The summed E-state index contributed by atoms with van der Waals surface area (Å²) in [6.45, 7) is 1.62. The molecule has 2 N–H and O–H groups in total. The van der Waals surface area contributed by atoms with Crippen LogP contribution in [0.4, 0.5) is 8.78 Å². The molecule has 0 spiro atoms. The molecule has 0 aliphatic heterocycles. The van der Waals surface area contributed by atoms with Gasteiger partial charge in [-0.3, -0.25) is 13.9 Å². The van der Waals surface area contributed by atoms with Gasteiger partial charge < -0.3 is 5.73 Å². The van der Waals surface area contributed by atoms with Crippen LogP contribution >= 0.6 is 0 Å². The lowest BCUT2D eigenvalue weighted by molar-refractivity contribution is 0.508. The van der Waals surface area contributed by atoms with Gasteiger partial charge in [0.05, 0.1) is 18.7 Å². The van der Waals surface area contributed by atoms with Crippen molar-refractivity contribution in [1.82, 2.24) is 9.13 Å². The van der Waals surface area contributed by atoms with Crippen LogP contribution in [-0.4, -0.2) is 9.13 Å². The average molecular weight is 447 g/mol. The Balaban J connectivity index is 1.90.